The molecule has 3 rings (SSSR count). The summed E-state index contributed by atoms with van der Waals surface area (Å²) in [5, 5.41) is 9.26. The number of rotatable bonds is 2. The summed E-state index contributed by atoms with van der Waals surface area (Å²) in [6.07, 6.45) is 11.0. The summed E-state index contributed by atoms with van der Waals surface area (Å²) >= 11 is 0. The quantitative estimate of drug-likeness (QED) is 0.736. The summed E-state index contributed by atoms with van der Waals surface area (Å²) in [4.78, 5) is 12.2. The van der Waals surface area contributed by atoms with E-state index in [1.165, 1.54) is 6.33 Å². The lowest BCUT2D eigenvalue weighted by Gasteiger charge is -2.00. The van der Waals surface area contributed by atoms with Gasteiger partial charge in [0, 0.05) is 6.20 Å². The number of fused-ring (bicyclic) bond motifs is 1. The largest absolute Gasteiger partial charge is 0.394 e. The van der Waals surface area contributed by atoms with Crippen LogP contribution in [0.15, 0.2) is 18.2 Å². The van der Waals surface area contributed by atoms with Gasteiger partial charge in [0.2, 0.25) is 0 Å². The minimum Gasteiger partial charge on any atom is -0.394 e. The van der Waals surface area contributed by atoms with E-state index >= 15 is 0 Å². The van der Waals surface area contributed by atoms with Crippen LogP contribution in [-0.2, 0) is 0 Å². The maximum Gasteiger partial charge on any atom is 0.169 e. The van der Waals surface area contributed by atoms with Crippen molar-refractivity contribution < 1.29 is 5.11 Å². The topological polar surface area (TPSA) is 89.8 Å². The first kappa shape index (κ1) is 10.7. The lowest BCUT2D eigenvalue weighted by molar-refractivity contribution is 0.254. The lowest BCUT2D eigenvalue weighted by Crippen LogP contribution is -2.02. The molecule has 1 unspecified atom stereocenters. The number of nitrogen functional groups attached to an aromatic ring is 1. The Hall–Kier alpha value is -2.39. The number of nitrogens with zero attached hydrogens (tertiary/aromatic N) is 4. The van der Waals surface area contributed by atoms with E-state index < -0.39 is 5.41 Å². The van der Waals surface area contributed by atoms with Crippen molar-refractivity contribution in [3.63, 3.8) is 0 Å². The normalized spacial score (nSPS) is 24.3. The van der Waals surface area contributed by atoms with E-state index in [-0.39, 0.29) is 6.61 Å². The molecule has 0 saturated heterocycles. The standard InChI is InChI=1S/C12H11N5O/c1-2-12(5-18)3-8(12)4-17-7-16-9-10(13)14-6-15-11(9)17/h1,4,6-7,18H,3,5H2,(H2,13,14,15)/b8-4+. The number of aliphatic hydroxyl groups excluding tert-OH is 1. The van der Waals surface area contributed by atoms with Gasteiger partial charge in [-0.2, -0.15) is 0 Å². The molecule has 1 aliphatic rings. The Balaban J connectivity index is 2.06. The highest BCUT2D eigenvalue weighted by molar-refractivity contribution is 5.82. The average Bonchev–Trinajstić information content (AvgIpc) is 2.93. The molecule has 0 radical (unpaired) electrons. The Morgan fingerprint density at radius 2 is 2.39 bits per heavy atom. The van der Waals surface area contributed by atoms with Gasteiger partial charge in [0.25, 0.3) is 0 Å². The molecule has 1 atom stereocenters. The van der Waals surface area contributed by atoms with Gasteiger partial charge in [-0.15, -0.1) is 6.42 Å². The monoisotopic (exact) mass is 241 g/mol. The first-order valence-electron chi connectivity index (χ1n) is 5.43. The Morgan fingerprint density at radius 1 is 1.56 bits per heavy atom. The van der Waals surface area contributed by atoms with Crippen molar-refractivity contribution in [3.05, 3.63) is 18.2 Å². The third kappa shape index (κ3) is 1.38. The second-order valence-electron chi connectivity index (χ2n) is 4.30. The van der Waals surface area contributed by atoms with Crippen LogP contribution < -0.4 is 5.73 Å². The van der Waals surface area contributed by atoms with Crippen LogP contribution >= 0.6 is 0 Å². The lowest BCUT2D eigenvalue weighted by atomic mass is 10.1. The van der Waals surface area contributed by atoms with Crippen LogP contribution in [0.2, 0.25) is 0 Å². The van der Waals surface area contributed by atoms with Gasteiger partial charge in [0.1, 0.15) is 12.7 Å². The van der Waals surface area contributed by atoms with E-state index in [9.17, 15) is 5.11 Å². The number of nitrogens with two attached hydrogens (primary N) is 1. The second kappa shape index (κ2) is 3.55. The van der Waals surface area contributed by atoms with Crippen molar-refractivity contribution in [1.82, 2.24) is 19.5 Å². The van der Waals surface area contributed by atoms with Crippen LogP contribution in [0.5, 0.6) is 0 Å². The predicted molar refractivity (Wildman–Crippen MR) is 67.0 cm³/mol. The molecule has 0 amide bonds. The van der Waals surface area contributed by atoms with Gasteiger partial charge in [-0.3, -0.25) is 4.57 Å². The summed E-state index contributed by atoms with van der Waals surface area (Å²) < 4.78 is 1.75. The molecule has 1 fully saturated rings. The highest BCUT2D eigenvalue weighted by Crippen LogP contribution is 2.51. The van der Waals surface area contributed by atoms with Gasteiger partial charge in [0.15, 0.2) is 17.0 Å². The van der Waals surface area contributed by atoms with Crippen molar-refractivity contribution in [2.24, 2.45) is 5.41 Å². The van der Waals surface area contributed by atoms with Crippen molar-refractivity contribution in [3.8, 4) is 12.3 Å². The third-order valence-corrected chi connectivity index (χ3v) is 3.21. The number of aliphatic hydroxyl groups is 1. The molecule has 2 aromatic heterocycles. The summed E-state index contributed by atoms with van der Waals surface area (Å²) in [6, 6.07) is 0. The smallest absolute Gasteiger partial charge is 0.169 e. The zero-order chi connectivity index (χ0) is 12.8. The minimum atomic E-state index is -0.505. The Bertz CT molecular complexity index is 696. The number of aromatic nitrogens is 4. The highest BCUT2D eigenvalue weighted by Gasteiger charge is 2.47. The first-order chi connectivity index (χ1) is 8.70. The third-order valence-electron chi connectivity index (χ3n) is 3.21. The molecule has 18 heavy (non-hydrogen) atoms. The fraction of sp³-hybridized carbons (Fsp3) is 0.250. The van der Waals surface area contributed by atoms with Gasteiger partial charge in [0.05, 0.1) is 12.0 Å². The second-order valence-corrected chi connectivity index (χ2v) is 4.30. The van der Waals surface area contributed by atoms with Gasteiger partial charge >= 0.3 is 0 Å². The molecule has 6 heteroatoms. The van der Waals surface area contributed by atoms with Crippen LogP contribution in [0.1, 0.15) is 6.42 Å². The predicted octanol–water partition coefficient (Wildman–Crippen LogP) is 0.265. The zero-order valence-corrected chi connectivity index (χ0v) is 9.54. The molecule has 0 spiro atoms. The van der Waals surface area contributed by atoms with Crippen LogP contribution in [0.3, 0.4) is 0 Å². The van der Waals surface area contributed by atoms with Crippen LogP contribution in [-0.4, -0.2) is 31.2 Å². The fourth-order valence-electron chi connectivity index (χ4n) is 1.93. The molecule has 2 heterocycles. The Kier molecular flexibility index (Phi) is 2.12. The van der Waals surface area contributed by atoms with E-state index in [0.717, 1.165) is 5.57 Å². The molecule has 0 aromatic carbocycles. The van der Waals surface area contributed by atoms with Crippen LogP contribution in [0, 0.1) is 17.8 Å². The van der Waals surface area contributed by atoms with Crippen molar-refractivity contribution in [2.45, 2.75) is 6.42 Å². The summed E-state index contributed by atoms with van der Waals surface area (Å²) in [6.45, 7) is -0.0426. The maximum absolute atomic E-state index is 9.26. The average molecular weight is 241 g/mol. The zero-order valence-electron chi connectivity index (χ0n) is 9.54. The Labute approximate surface area is 103 Å². The van der Waals surface area contributed by atoms with Crippen molar-refractivity contribution in [2.75, 3.05) is 12.3 Å². The van der Waals surface area contributed by atoms with Crippen LogP contribution in [0.25, 0.3) is 17.4 Å². The van der Waals surface area contributed by atoms with Gasteiger partial charge in [-0.25, -0.2) is 15.0 Å². The van der Waals surface area contributed by atoms with E-state index in [4.69, 9.17) is 12.2 Å². The van der Waals surface area contributed by atoms with E-state index in [1.807, 2.05) is 6.20 Å². The minimum absolute atomic E-state index is 0.0426. The Morgan fingerprint density at radius 3 is 3.06 bits per heavy atom. The number of anilines is 1. The molecule has 2 aromatic rings. The molecule has 90 valence electrons. The molecule has 3 N–H and O–H groups in total. The molecule has 0 aliphatic heterocycles. The van der Waals surface area contributed by atoms with Gasteiger partial charge < -0.3 is 10.8 Å². The maximum atomic E-state index is 9.26. The summed E-state index contributed by atoms with van der Waals surface area (Å²) in [5.74, 6) is 2.96. The van der Waals surface area contributed by atoms with E-state index in [2.05, 4.69) is 20.9 Å². The molecule has 0 bridgehead atoms. The van der Waals surface area contributed by atoms with Gasteiger partial charge in [-0.05, 0) is 12.0 Å². The molecular formula is C12H11N5O. The van der Waals surface area contributed by atoms with Gasteiger partial charge in [-0.1, -0.05) is 5.92 Å². The van der Waals surface area contributed by atoms with E-state index in [0.29, 0.717) is 23.4 Å². The number of terminal acetylenes is 1. The SMILES string of the molecule is C#CC1(CO)C/C1=C\n1cnc2c(N)ncnc21. The van der Waals surface area contributed by atoms with E-state index in [1.54, 1.807) is 10.9 Å². The number of hydrogen-bond acceptors (Lipinski definition) is 5. The highest BCUT2D eigenvalue weighted by atomic mass is 16.3. The van der Waals surface area contributed by atoms with Crippen molar-refractivity contribution >= 4 is 23.2 Å². The molecule has 1 aliphatic carbocycles. The van der Waals surface area contributed by atoms with Crippen molar-refractivity contribution in [1.29, 1.82) is 0 Å². The molecular weight excluding hydrogens is 230 g/mol. The summed E-state index contributed by atoms with van der Waals surface area (Å²) in [7, 11) is 0. The number of imidazole rings is 1. The molecule has 6 nitrogen and oxygen atoms in total. The fourth-order valence-corrected chi connectivity index (χ4v) is 1.93. The molecule has 1 saturated carbocycles. The number of hydrogen-bond donors (Lipinski definition) is 2. The van der Waals surface area contributed by atoms with Crippen LogP contribution in [0.4, 0.5) is 5.82 Å². The summed E-state index contributed by atoms with van der Waals surface area (Å²) in [5.41, 5.74) is 7.38. The first-order valence-corrected chi connectivity index (χ1v) is 5.43.